The summed E-state index contributed by atoms with van der Waals surface area (Å²) in [5.74, 6) is 0.547. The molecule has 1 amide bonds. The van der Waals surface area contributed by atoms with Gasteiger partial charge < -0.3 is 10.1 Å². The van der Waals surface area contributed by atoms with E-state index >= 15 is 0 Å². The van der Waals surface area contributed by atoms with Crippen molar-refractivity contribution in [2.75, 3.05) is 11.9 Å². The topological polar surface area (TPSA) is 62.1 Å². The van der Waals surface area contributed by atoms with Gasteiger partial charge in [0.25, 0.3) is 0 Å². The highest BCUT2D eigenvalue weighted by atomic mass is 16.5. The monoisotopic (exact) mass is 334 g/mol. The third-order valence-electron chi connectivity index (χ3n) is 4.88. The molecule has 2 aromatic carbocycles. The molecule has 1 fully saturated rings. The number of benzene rings is 2. The van der Waals surface area contributed by atoms with Gasteiger partial charge in [-0.2, -0.15) is 5.26 Å². The number of carbonyl (C=O) groups is 1. The van der Waals surface area contributed by atoms with Crippen LogP contribution >= 0.6 is 0 Å². The third kappa shape index (κ3) is 3.36. The Morgan fingerprint density at radius 2 is 1.92 bits per heavy atom. The van der Waals surface area contributed by atoms with Crippen LogP contribution in [-0.4, -0.2) is 12.5 Å². The van der Waals surface area contributed by atoms with Crippen molar-refractivity contribution in [1.29, 1.82) is 5.26 Å². The van der Waals surface area contributed by atoms with Crippen molar-refractivity contribution in [3.05, 3.63) is 59.7 Å². The lowest BCUT2D eigenvalue weighted by molar-refractivity contribution is -0.121. The minimum Gasteiger partial charge on any atom is -0.492 e. The maximum absolute atomic E-state index is 13.1. The number of amides is 1. The highest BCUT2D eigenvalue weighted by molar-refractivity contribution is 5.99. The van der Waals surface area contributed by atoms with Gasteiger partial charge in [-0.1, -0.05) is 43.2 Å². The van der Waals surface area contributed by atoms with Crippen LogP contribution in [0.5, 0.6) is 5.75 Å². The Labute approximate surface area is 148 Å². The van der Waals surface area contributed by atoms with Gasteiger partial charge >= 0.3 is 0 Å². The van der Waals surface area contributed by atoms with Crippen molar-refractivity contribution in [3.8, 4) is 11.8 Å². The first-order valence-corrected chi connectivity index (χ1v) is 8.73. The number of nitrogens with one attached hydrogen (secondary N) is 1. The van der Waals surface area contributed by atoms with Crippen LogP contribution in [0.1, 0.15) is 43.7 Å². The summed E-state index contributed by atoms with van der Waals surface area (Å²) in [5.41, 5.74) is 1.65. The van der Waals surface area contributed by atoms with Gasteiger partial charge in [0.2, 0.25) is 5.91 Å². The Bertz CT molecular complexity index is 787. The minimum atomic E-state index is -0.480. The van der Waals surface area contributed by atoms with E-state index in [1.807, 2.05) is 37.3 Å². The standard InChI is InChI=1S/C21H22N2O2/c1-2-25-19-11-10-18(14-16(19)15-22)23-20(24)21(12-6-7-13-21)17-8-4-3-5-9-17/h3-5,8-11,14H,2,6-7,12-13H2,1H3,(H,23,24). The van der Waals surface area contributed by atoms with E-state index in [2.05, 4.69) is 11.4 Å². The number of nitriles is 1. The van der Waals surface area contributed by atoms with Crippen LogP contribution in [-0.2, 0) is 10.2 Å². The van der Waals surface area contributed by atoms with Crippen LogP contribution in [0.15, 0.2) is 48.5 Å². The molecule has 0 unspecified atom stereocenters. The minimum absolute atomic E-state index is 0.00393. The second kappa shape index (κ2) is 7.40. The zero-order valence-corrected chi connectivity index (χ0v) is 14.4. The molecule has 1 saturated carbocycles. The first kappa shape index (κ1) is 17.0. The summed E-state index contributed by atoms with van der Waals surface area (Å²) < 4.78 is 5.44. The lowest BCUT2D eigenvalue weighted by Crippen LogP contribution is -2.37. The third-order valence-corrected chi connectivity index (χ3v) is 4.88. The quantitative estimate of drug-likeness (QED) is 0.881. The Kier molecular flexibility index (Phi) is 5.04. The van der Waals surface area contributed by atoms with Gasteiger partial charge in [-0.05, 0) is 43.5 Å². The molecule has 25 heavy (non-hydrogen) atoms. The molecule has 0 aromatic heterocycles. The van der Waals surface area contributed by atoms with Gasteiger partial charge in [0, 0.05) is 5.69 Å². The van der Waals surface area contributed by atoms with Gasteiger partial charge in [0.05, 0.1) is 17.6 Å². The molecular weight excluding hydrogens is 312 g/mol. The zero-order chi connectivity index (χ0) is 17.7. The predicted octanol–water partition coefficient (Wildman–Crippen LogP) is 4.41. The smallest absolute Gasteiger partial charge is 0.235 e. The summed E-state index contributed by atoms with van der Waals surface area (Å²) in [5, 5.41) is 12.3. The molecule has 4 nitrogen and oxygen atoms in total. The number of carbonyl (C=O) groups excluding carboxylic acids is 1. The number of hydrogen-bond donors (Lipinski definition) is 1. The maximum atomic E-state index is 13.1. The summed E-state index contributed by atoms with van der Waals surface area (Å²) in [6.07, 6.45) is 3.81. The van der Waals surface area contributed by atoms with Crippen molar-refractivity contribution in [2.24, 2.45) is 0 Å². The summed E-state index contributed by atoms with van der Waals surface area (Å²) in [4.78, 5) is 13.1. The van der Waals surface area contributed by atoms with Crippen molar-refractivity contribution < 1.29 is 9.53 Å². The van der Waals surface area contributed by atoms with Crippen molar-refractivity contribution in [2.45, 2.75) is 38.0 Å². The molecule has 0 heterocycles. The molecule has 128 valence electrons. The van der Waals surface area contributed by atoms with Crippen molar-refractivity contribution in [1.82, 2.24) is 0 Å². The van der Waals surface area contributed by atoms with E-state index in [1.54, 1.807) is 18.2 Å². The van der Waals surface area contributed by atoms with Crippen LogP contribution in [0.2, 0.25) is 0 Å². The Morgan fingerprint density at radius 3 is 2.56 bits per heavy atom. The lowest BCUT2D eigenvalue weighted by Gasteiger charge is -2.28. The number of rotatable bonds is 5. The van der Waals surface area contributed by atoms with Crippen LogP contribution in [0.25, 0.3) is 0 Å². The Hall–Kier alpha value is -2.80. The average molecular weight is 334 g/mol. The van der Waals surface area contributed by atoms with Crippen LogP contribution in [0, 0.1) is 11.3 Å². The van der Waals surface area contributed by atoms with E-state index in [4.69, 9.17) is 4.74 Å². The molecule has 0 spiro atoms. The normalized spacial score (nSPS) is 15.4. The van der Waals surface area contributed by atoms with Crippen molar-refractivity contribution >= 4 is 11.6 Å². The van der Waals surface area contributed by atoms with Crippen LogP contribution in [0.3, 0.4) is 0 Å². The van der Waals surface area contributed by atoms with E-state index in [0.29, 0.717) is 23.6 Å². The fourth-order valence-electron chi connectivity index (χ4n) is 3.61. The predicted molar refractivity (Wildman–Crippen MR) is 97.5 cm³/mol. The molecular formula is C21H22N2O2. The first-order chi connectivity index (χ1) is 12.2. The van der Waals surface area contributed by atoms with E-state index < -0.39 is 5.41 Å². The molecule has 3 rings (SSSR count). The molecule has 4 heteroatoms. The number of nitrogens with zero attached hydrogens (tertiary/aromatic N) is 1. The Morgan fingerprint density at radius 1 is 1.20 bits per heavy atom. The van der Waals surface area contributed by atoms with E-state index in [-0.39, 0.29) is 5.91 Å². The summed E-state index contributed by atoms with van der Waals surface area (Å²) in [7, 11) is 0. The first-order valence-electron chi connectivity index (χ1n) is 8.73. The van der Waals surface area contributed by atoms with Gasteiger partial charge in [-0.3, -0.25) is 4.79 Å². The molecule has 0 saturated heterocycles. The Balaban J connectivity index is 1.87. The van der Waals surface area contributed by atoms with E-state index in [9.17, 15) is 10.1 Å². The van der Waals surface area contributed by atoms with Gasteiger partial charge in [-0.15, -0.1) is 0 Å². The molecule has 1 aliphatic carbocycles. The van der Waals surface area contributed by atoms with Gasteiger partial charge in [0.15, 0.2) is 0 Å². The average Bonchev–Trinajstić information content (AvgIpc) is 3.15. The number of ether oxygens (including phenoxy) is 1. The van der Waals surface area contributed by atoms with Gasteiger partial charge in [-0.25, -0.2) is 0 Å². The zero-order valence-electron chi connectivity index (χ0n) is 14.4. The van der Waals surface area contributed by atoms with Crippen molar-refractivity contribution in [3.63, 3.8) is 0 Å². The molecule has 1 N–H and O–H groups in total. The van der Waals surface area contributed by atoms with E-state index in [0.717, 1.165) is 31.2 Å². The molecule has 2 aromatic rings. The summed E-state index contributed by atoms with van der Waals surface area (Å²) in [6, 6.07) is 17.3. The molecule has 0 atom stereocenters. The number of hydrogen-bond acceptors (Lipinski definition) is 3. The molecule has 0 radical (unpaired) electrons. The highest BCUT2D eigenvalue weighted by Gasteiger charge is 2.42. The lowest BCUT2D eigenvalue weighted by atomic mass is 9.78. The van der Waals surface area contributed by atoms with E-state index in [1.165, 1.54) is 0 Å². The molecule has 0 aliphatic heterocycles. The van der Waals surface area contributed by atoms with Crippen LogP contribution < -0.4 is 10.1 Å². The SMILES string of the molecule is CCOc1ccc(NC(=O)C2(c3ccccc3)CCCC2)cc1C#N. The van der Waals surface area contributed by atoms with Gasteiger partial charge in [0.1, 0.15) is 11.8 Å². The van der Waals surface area contributed by atoms with Crippen LogP contribution in [0.4, 0.5) is 5.69 Å². The maximum Gasteiger partial charge on any atom is 0.235 e. The summed E-state index contributed by atoms with van der Waals surface area (Å²) in [6.45, 7) is 2.37. The highest BCUT2D eigenvalue weighted by Crippen LogP contribution is 2.42. The summed E-state index contributed by atoms with van der Waals surface area (Å²) >= 11 is 0. The number of anilines is 1. The fraction of sp³-hybridized carbons (Fsp3) is 0.333. The second-order valence-corrected chi connectivity index (χ2v) is 6.37. The fourth-order valence-corrected chi connectivity index (χ4v) is 3.61. The largest absolute Gasteiger partial charge is 0.492 e. The second-order valence-electron chi connectivity index (χ2n) is 6.37. The molecule has 0 bridgehead atoms. The molecule has 1 aliphatic rings.